The van der Waals surface area contributed by atoms with Crippen molar-refractivity contribution in [3.05, 3.63) is 70.4 Å². The molecule has 7 nitrogen and oxygen atoms in total. The predicted octanol–water partition coefficient (Wildman–Crippen LogP) is 5.97. The van der Waals surface area contributed by atoms with Crippen molar-refractivity contribution in [1.29, 1.82) is 0 Å². The maximum absolute atomic E-state index is 14.6. The molecule has 0 spiro atoms. The zero-order valence-electron chi connectivity index (χ0n) is 19.7. The monoisotopic (exact) mass is 496 g/mol. The Bertz CT molecular complexity index is 1400. The van der Waals surface area contributed by atoms with Crippen LogP contribution in [0.15, 0.2) is 42.7 Å². The number of carbonyl (C=O) groups is 1. The lowest BCUT2D eigenvalue weighted by molar-refractivity contribution is 0.0690. The van der Waals surface area contributed by atoms with Crippen molar-refractivity contribution in [3.8, 4) is 17.0 Å². The SMILES string of the molecule is CCCc1cc(-c2cc(NCCn3c(C)cc4c(OC)ccc(Cl)c43)ncn2)cc(F)c1C(=O)O. The number of methoxy groups -OCH3 is 1. The van der Waals surface area contributed by atoms with E-state index in [1.807, 2.05) is 32.0 Å². The minimum absolute atomic E-state index is 0.285. The first-order valence-corrected chi connectivity index (χ1v) is 11.7. The molecular formula is C26H26ClFN4O3. The van der Waals surface area contributed by atoms with Crippen molar-refractivity contribution in [2.24, 2.45) is 0 Å². The number of anilines is 1. The molecule has 2 aromatic heterocycles. The van der Waals surface area contributed by atoms with Gasteiger partial charge in [-0.15, -0.1) is 0 Å². The average molecular weight is 497 g/mol. The number of rotatable bonds is 9. The second kappa shape index (κ2) is 10.3. The van der Waals surface area contributed by atoms with Crippen molar-refractivity contribution in [2.75, 3.05) is 19.0 Å². The molecule has 2 aromatic carbocycles. The summed E-state index contributed by atoms with van der Waals surface area (Å²) in [5.41, 5.74) is 3.14. The van der Waals surface area contributed by atoms with Crippen LogP contribution in [0, 0.1) is 12.7 Å². The smallest absolute Gasteiger partial charge is 0.338 e. The van der Waals surface area contributed by atoms with Gasteiger partial charge < -0.3 is 19.7 Å². The van der Waals surface area contributed by atoms with E-state index in [4.69, 9.17) is 16.3 Å². The number of aromatic nitrogens is 3. The Labute approximate surface area is 207 Å². The fourth-order valence-electron chi connectivity index (χ4n) is 4.33. The molecule has 0 bridgehead atoms. The standard InChI is InChI=1S/C26H26ClFN4O3/c1-4-5-16-11-17(12-20(28)24(16)26(33)34)21-13-23(31-14-30-21)29-8-9-32-15(2)10-18-22(35-3)7-6-19(27)25(18)32/h6-7,10-14H,4-5,8-9H2,1-3H3,(H,33,34)(H,29,30,31). The highest BCUT2D eigenvalue weighted by Crippen LogP contribution is 2.34. The Morgan fingerprint density at radius 1 is 1.23 bits per heavy atom. The van der Waals surface area contributed by atoms with Crippen molar-refractivity contribution in [3.63, 3.8) is 0 Å². The Morgan fingerprint density at radius 2 is 2.03 bits per heavy atom. The first-order chi connectivity index (χ1) is 16.8. The molecule has 182 valence electrons. The van der Waals surface area contributed by atoms with Crippen LogP contribution in [0.3, 0.4) is 0 Å². The first kappa shape index (κ1) is 24.5. The molecule has 4 rings (SSSR count). The molecule has 0 aliphatic rings. The Balaban J connectivity index is 1.56. The Morgan fingerprint density at radius 3 is 2.74 bits per heavy atom. The molecule has 0 fully saturated rings. The van der Waals surface area contributed by atoms with E-state index in [2.05, 4.69) is 19.9 Å². The Hall–Kier alpha value is -3.65. The summed E-state index contributed by atoms with van der Waals surface area (Å²) in [5.74, 6) is -0.697. The van der Waals surface area contributed by atoms with E-state index < -0.39 is 11.8 Å². The number of carboxylic acids is 1. The molecule has 0 saturated heterocycles. The third-order valence-electron chi connectivity index (χ3n) is 5.91. The Kier molecular flexibility index (Phi) is 7.21. The van der Waals surface area contributed by atoms with E-state index in [0.717, 1.165) is 22.3 Å². The summed E-state index contributed by atoms with van der Waals surface area (Å²) in [6.45, 7) is 5.12. The summed E-state index contributed by atoms with van der Waals surface area (Å²) in [4.78, 5) is 20.0. The molecule has 0 amide bonds. The number of hydrogen-bond acceptors (Lipinski definition) is 5. The van der Waals surface area contributed by atoms with Gasteiger partial charge in [0, 0.05) is 35.8 Å². The molecule has 0 aliphatic carbocycles. The summed E-state index contributed by atoms with van der Waals surface area (Å²) < 4.78 is 22.2. The average Bonchev–Trinajstić information content (AvgIpc) is 3.16. The molecular weight excluding hydrogens is 471 g/mol. The van der Waals surface area contributed by atoms with Gasteiger partial charge in [-0.3, -0.25) is 0 Å². The molecule has 9 heteroatoms. The number of carboxylic acid groups (broad SMARTS) is 1. The van der Waals surface area contributed by atoms with Crippen LogP contribution in [0.5, 0.6) is 5.75 Å². The van der Waals surface area contributed by atoms with Crippen LogP contribution in [0.1, 0.15) is 35.0 Å². The number of nitrogens with zero attached hydrogens (tertiary/aromatic N) is 3. The van der Waals surface area contributed by atoms with Gasteiger partial charge in [0.25, 0.3) is 0 Å². The van der Waals surface area contributed by atoms with E-state index in [9.17, 15) is 14.3 Å². The molecule has 0 atom stereocenters. The van der Waals surface area contributed by atoms with Crippen LogP contribution in [-0.4, -0.2) is 39.3 Å². The maximum Gasteiger partial charge on any atom is 0.338 e. The molecule has 2 N–H and O–H groups in total. The molecule has 4 aromatic rings. The number of fused-ring (bicyclic) bond motifs is 1. The summed E-state index contributed by atoms with van der Waals surface area (Å²) in [7, 11) is 1.63. The summed E-state index contributed by atoms with van der Waals surface area (Å²) in [6.07, 6.45) is 2.56. The van der Waals surface area contributed by atoms with E-state index >= 15 is 0 Å². The van der Waals surface area contributed by atoms with Crippen LogP contribution < -0.4 is 10.1 Å². The van der Waals surface area contributed by atoms with Crippen LogP contribution >= 0.6 is 11.6 Å². The van der Waals surface area contributed by atoms with Gasteiger partial charge in [-0.2, -0.15) is 0 Å². The number of hydrogen-bond donors (Lipinski definition) is 2. The number of nitrogens with one attached hydrogen (secondary N) is 1. The van der Waals surface area contributed by atoms with Gasteiger partial charge in [0.05, 0.1) is 28.9 Å². The third-order valence-corrected chi connectivity index (χ3v) is 6.21. The third kappa shape index (κ3) is 4.93. The number of halogens is 2. The van der Waals surface area contributed by atoms with E-state index in [0.29, 0.717) is 53.6 Å². The summed E-state index contributed by atoms with van der Waals surface area (Å²) >= 11 is 6.48. The lowest BCUT2D eigenvalue weighted by Crippen LogP contribution is -2.12. The minimum Gasteiger partial charge on any atom is -0.496 e. The van der Waals surface area contributed by atoms with Crippen molar-refractivity contribution in [2.45, 2.75) is 33.2 Å². The summed E-state index contributed by atoms with van der Waals surface area (Å²) in [6, 6.07) is 10.3. The fraction of sp³-hybridized carbons (Fsp3) is 0.269. The zero-order chi connectivity index (χ0) is 25.1. The minimum atomic E-state index is -1.27. The van der Waals surface area contributed by atoms with Crippen LogP contribution in [0.25, 0.3) is 22.2 Å². The highest BCUT2D eigenvalue weighted by molar-refractivity contribution is 6.35. The molecule has 35 heavy (non-hydrogen) atoms. The normalized spacial score (nSPS) is 11.1. The first-order valence-electron chi connectivity index (χ1n) is 11.3. The second-order valence-corrected chi connectivity index (χ2v) is 8.62. The van der Waals surface area contributed by atoms with Crippen LogP contribution in [-0.2, 0) is 13.0 Å². The van der Waals surface area contributed by atoms with Gasteiger partial charge in [-0.1, -0.05) is 24.9 Å². The number of ether oxygens (including phenoxy) is 1. The quantitative estimate of drug-likeness (QED) is 0.297. The molecule has 0 saturated carbocycles. The van der Waals surface area contributed by atoms with Gasteiger partial charge in [0.2, 0.25) is 0 Å². The predicted molar refractivity (Wildman–Crippen MR) is 135 cm³/mol. The van der Waals surface area contributed by atoms with Gasteiger partial charge in [-0.25, -0.2) is 19.2 Å². The van der Waals surface area contributed by atoms with Crippen molar-refractivity contribution < 1.29 is 19.0 Å². The molecule has 0 radical (unpaired) electrons. The van der Waals surface area contributed by atoms with Gasteiger partial charge in [0.1, 0.15) is 23.7 Å². The largest absolute Gasteiger partial charge is 0.496 e. The molecule has 2 heterocycles. The lowest BCUT2D eigenvalue weighted by atomic mass is 9.98. The number of aromatic carboxylic acids is 1. The van der Waals surface area contributed by atoms with E-state index in [1.54, 1.807) is 19.2 Å². The van der Waals surface area contributed by atoms with E-state index in [1.165, 1.54) is 12.4 Å². The van der Waals surface area contributed by atoms with Gasteiger partial charge >= 0.3 is 5.97 Å². The van der Waals surface area contributed by atoms with Crippen LogP contribution in [0.4, 0.5) is 10.2 Å². The van der Waals surface area contributed by atoms with Gasteiger partial charge in [-0.05, 0) is 49.2 Å². The molecule has 0 unspecified atom stereocenters. The summed E-state index contributed by atoms with van der Waals surface area (Å²) in [5, 5.41) is 14.3. The number of benzene rings is 2. The highest BCUT2D eigenvalue weighted by Gasteiger charge is 2.18. The fourth-order valence-corrected chi connectivity index (χ4v) is 4.60. The second-order valence-electron chi connectivity index (χ2n) is 8.21. The van der Waals surface area contributed by atoms with Crippen molar-refractivity contribution in [1.82, 2.24) is 14.5 Å². The van der Waals surface area contributed by atoms with E-state index in [-0.39, 0.29) is 5.56 Å². The van der Waals surface area contributed by atoms with Crippen molar-refractivity contribution >= 4 is 34.3 Å². The lowest BCUT2D eigenvalue weighted by Gasteiger charge is -2.13. The topological polar surface area (TPSA) is 89.3 Å². The van der Waals surface area contributed by atoms with Gasteiger partial charge in [0.15, 0.2) is 0 Å². The molecule has 0 aliphatic heterocycles. The maximum atomic E-state index is 14.6. The van der Waals surface area contributed by atoms with Crippen LogP contribution in [0.2, 0.25) is 5.02 Å². The zero-order valence-corrected chi connectivity index (χ0v) is 20.5. The number of aryl methyl sites for hydroxylation is 2. The highest BCUT2D eigenvalue weighted by atomic mass is 35.5.